The van der Waals surface area contributed by atoms with Crippen LogP contribution in [0.3, 0.4) is 0 Å². The Morgan fingerprint density at radius 1 is 1.26 bits per heavy atom. The lowest BCUT2D eigenvalue weighted by Crippen LogP contribution is -2.26. The van der Waals surface area contributed by atoms with Gasteiger partial charge in [-0.3, -0.25) is 14.3 Å². The van der Waals surface area contributed by atoms with Crippen LogP contribution in [0.2, 0.25) is 0 Å². The maximum atomic E-state index is 12.5. The van der Waals surface area contributed by atoms with E-state index in [1.54, 1.807) is 29.2 Å². The molecule has 0 bridgehead atoms. The number of aromatic nitrogens is 2. The van der Waals surface area contributed by atoms with Crippen molar-refractivity contribution >= 4 is 35.0 Å². The van der Waals surface area contributed by atoms with Gasteiger partial charge in [-0.05, 0) is 30.7 Å². The fourth-order valence-corrected chi connectivity index (χ4v) is 3.77. The number of thioether (sulfide) groups is 1. The van der Waals surface area contributed by atoms with Crippen LogP contribution in [0.4, 0.5) is 11.4 Å². The predicted molar refractivity (Wildman–Crippen MR) is 106 cm³/mol. The molecule has 2 heterocycles. The molecule has 1 aromatic heterocycles. The molecule has 2 aromatic carbocycles. The van der Waals surface area contributed by atoms with Crippen LogP contribution >= 0.6 is 11.8 Å². The molecule has 0 saturated carbocycles. The average molecular weight is 378 g/mol. The topological polar surface area (TPSA) is 76.0 Å². The van der Waals surface area contributed by atoms with Gasteiger partial charge in [-0.15, -0.1) is 11.8 Å². The summed E-state index contributed by atoms with van der Waals surface area (Å²) in [6.07, 6.45) is 3.42. The molecule has 2 amide bonds. The fourth-order valence-electron chi connectivity index (χ4n) is 2.84. The quantitative estimate of drug-likeness (QED) is 0.727. The molecule has 7 heteroatoms. The summed E-state index contributed by atoms with van der Waals surface area (Å²) in [6.45, 7) is 2.49. The molecule has 0 fully saturated rings. The molecule has 136 valence electrons. The van der Waals surface area contributed by atoms with E-state index in [4.69, 9.17) is 0 Å². The molecular weight excluding hydrogens is 360 g/mol. The highest BCUT2D eigenvalue weighted by atomic mass is 32.2. The Morgan fingerprint density at radius 3 is 2.89 bits per heavy atom. The average Bonchev–Trinajstić information content (AvgIpc) is 3.10. The third kappa shape index (κ3) is 3.88. The molecule has 3 aromatic rings. The zero-order valence-electron chi connectivity index (χ0n) is 14.7. The minimum absolute atomic E-state index is 0.0488. The van der Waals surface area contributed by atoms with Gasteiger partial charge in [-0.1, -0.05) is 30.3 Å². The summed E-state index contributed by atoms with van der Waals surface area (Å²) in [5, 5.41) is 9.85. The summed E-state index contributed by atoms with van der Waals surface area (Å²) >= 11 is 1.49. The highest BCUT2D eigenvalue weighted by Gasteiger charge is 2.23. The second-order valence-corrected chi connectivity index (χ2v) is 7.71. The zero-order chi connectivity index (χ0) is 18.8. The van der Waals surface area contributed by atoms with Gasteiger partial charge in [-0.25, -0.2) is 0 Å². The van der Waals surface area contributed by atoms with Crippen molar-refractivity contribution in [1.82, 2.24) is 9.78 Å². The van der Waals surface area contributed by atoms with E-state index in [2.05, 4.69) is 15.7 Å². The molecule has 0 radical (unpaired) electrons. The smallest absolute Gasteiger partial charge is 0.255 e. The molecule has 0 aliphatic carbocycles. The molecule has 4 rings (SSSR count). The van der Waals surface area contributed by atoms with Crippen molar-refractivity contribution in [1.29, 1.82) is 0 Å². The van der Waals surface area contributed by atoms with Gasteiger partial charge in [0.1, 0.15) is 0 Å². The van der Waals surface area contributed by atoms with Crippen LogP contribution in [0.15, 0.2) is 65.8 Å². The maximum absolute atomic E-state index is 12.5. The second kappa shape index (κ2) is 7.28. The first kappa shape index (κ1) is 17.4. The Labute approximate surface area is 161 Å². The van der Waals surface area contributed by atoms with Crippen LogP contribution in [0.25, 0.3) is 0 Å². The van der Waals surface area contributed by atoms with Gasteiger partial charge < -0.3 is 10.6 Å². The van der Waals surface area contributed by atoms with Gasteiger partial charge in [-0.2, -0.15) is 5.10 Å². The summed E-state index contributed by atoms with van der Waals surface area (Å²) < 4.78 is 1.77. The van der Waals surface area contributed by atoms with E-state index in [-0.39, 0.29) is 17.1 Å². The van der Waals surface area contributed by atoms with Crippen LogP contribution in [-0.4, -0.2) is 26.8 Å². The SMILES string of the molecule is C[C@@H]1Sc2ccc(C(=O)Nc3cnn(Cc4ccccc4)c3)cc2NC1=O. The van der Waals surface area contributed by atoms with E-state index in [9.17, 15) is 9.59 Å². The van der Waals surface area contributed by atoms with E-state index in [1.165, 1.54) is 11.8 Å². The van der Waals surface area contributed by atoms with Crippen molar-refractivity contribution in [3.05, 3.63) is 72.1 Å². The molecule has 1 aliphatic heterocycles. The van der Waals surface area contributed by atoms with Crippen molar-refractivity contribution in [3.63, 3.8) is 0 Å². The van der Waals surface area contributed by atoms with Crippen LogP contribution in [0.5, 0.6) is 0 Å². The molecule has 27 heavy (non-hydrogen) atoms. The third-order valence-corrected chi connectivity index (χ3v) is 5.43. The summed E-state index contributed by atoms with van der Waals surface area (Å²) in [5.74, 6) is -0.290. The normalized spacial score (nSPS) is 15.7. The van der Waals surface area contributed by atoms with E-state index in [0.717, 1.165) is 10.5 Å². The first-order valence-corrected chi connectivity index (χ1v) is 9.46. The zero-order valence-corrected chi connectivity index (χ0v) is 15.5. The lowest BCUT2D eigenvalue weighted by atomic mass is 10.1. The van der Waals surface area contributed by atoms with E-state index >= 15 is 0 Å². The van der Waals surface area contributed by atoms with Gasteiger partial charge in [0.2, 0.25) is 5.91 Å². The first-order chi connectivity index (χ1) is 13.1. The summed E-state index contributed by atoms with van der Waals surface area (Å²) in [5.41, 5.74) is 2.92. The van der Waals surface area contributed by atoms with Crippen molar-refractivity contribution in [2.75, 3.05) is 10.6 Å². The number of hydrogen-bond acceptors (Lipinski definition) is 4. The minimum atomic E-state index is -0.241. The Morgan fingerprint density at radius 2 is 2.07 bits per heavy atom. The molecule has 0 saturated heterocycles. The van der Waals surface area contributed by atoms with Crippen molar-refractivity contribution < 1.29 is 9.59 Å². The summed E-state index contributed by atoms with van der Waals surface area (Å²) in [4.78, 5) is 25.4. The number of nitrogens with zero attached hydrogens (tertiary/aromatic N) is 2. The van der Waals surface area contributed by atoms with Crippen LogP contribution in [-0.2, 0) is 11.3 Å². The molecular formula is C20H18N4O2S. The predicted octanol–water partition coefficient (Wildman–Crippen LogP) is 3.62. The third-order valence-electron chi connectivity index (χ3n) is 4.25. The first-order valence-electron chi connectivity index (χ1n) is 8.58. The fraction of sp³-hybridized carbons (Fsp3) is 0.150. The molecule has 2 N–H and O–H groups in total. The minimum Gasteiger partial charge on any atom is -0.324 e. The molecule has 1 atom stereocenters. The van der Waals surface area contributed by atoms with Gasteiger partial charge >= 0.3 is 0 Å². The summed E-state index contributed by atoms with van der Waals surface area (Å²) in [6, 6.07) is 15.3. The Balaban J connectivity index is 1.45. The molecule has 1 aliphatic rings. The number of amides is 2. The van der Waals surface area contributed by atoms with E-state index in [0.29, 0.717) is 23.5 Å². The highest BCUT2D eigenvalue weighted by Crippen LogP contribution is 2.36. The molecule has 0 unspecified atom stereocenters. The monoisotopic (exact) mass is 378 g/mol. The number of fused-ring (bicyclic) bond motifs is 1. The molecule has 0 spiro atoms. The van der Waals surface area contributed by atoms with Gasteiger partial charge in [0.25, 0.3) is 5.91 Å². The van der Waals surface area contributed by atoms with Crippen molar-refractivity contribution in [2.24, 2.45) is 0 Å². The number of carbonyl (C=O) groups is 2. The van der Waals surface area contributed by atoms with E-state index in [1.807, 2.05) is 43.3 Å². The van der Waals surface area contributed by atoms with Crippen molar-refractivity contribution in [3.8, 4) is 0 Å². The second-order valence-electron chi connectivity index (χ2n) is 6.33. The number of carbonyl (C=O) groups excluding carboxylic acids is 2. The van der Waals surface area contributed by atoms with Crippen molar-refractivity contribution in [2.45, 2.75) is 23.6 Å². The Bertz CT molecular complexity index is 1000. The summed E-state index contributed by atoms with van der Waals surface area (Å²) in [7, 11) is 0. The lowest BCUT2D eigenvalue weighted by molar-refractivity contribution is -0.115. The number of benzene rings is 2. The largest absolute Gasteiger partial charge is 0.324 e. The highest BCUT2D eigenvalue weighted by molar-refractivity contribution is 8.00. The van der Waals surface area contributed by atoms with Crippen LogP contribution in [0.1, 0.15) is 22.8 Å². The Hall–Kier alpha value is -3.06. The van der Waals surface area contributed by atoms with Gasteiger partial charge in [0.15, 0.2) is 0 Å². The van der Waals surface area contributed by atoms with Gasteiger partial charge in [0.05, 0.1) is 29.4 Å². The van der Waals surface area contributed by atoms with Crippen LogP contribution < -0.4 is 10.6 Å². The number of anilines is 2. The Kier molecular flexibility index (Phi) is 4.68. The standard InChI is InChI=1S/C20H18N4O2S/c1-13-19(25)23-17-9-15(7-8-18(17)27-13)20(26)22-16-10-21-24(12-16)11-14-5-3-2-4-6-14/h2-10,12-13H,11H2,1H3,(H,22,26)(H,23,25)/t13-/m0/s1. The van der Waals surface area contributed by atoms with E-state index < -0.39 is 0 Å². The number of rotatable bonds is 4. The van der Waals surface area contributed by atoms with Gasteiger partial charge in [0, 0.05) is 16.7 Å². The lowest BCUT2D eigenvalue weighted by Gasteiger charge is -2.21. The number of hydrogen-bond donors (Lipinski definition) is 2. The number of nitrogens with one attached hydrogen (secondary N) is 2. The molecule has 6 nitrogen and oxygen atoms in total. The maximum Gasteiger partial charge on any atom is 0.255 e. The van der Waals surface area contributed by atoms with Crippen LogP contribution in [0, 0.1) is 0 Å².